The zero-order chi connectivity index (χ0) is 33.2. The van der Waals surface area contributed by atoms with Crippen molar-refractivity contribution < 1.29 is 94.4 Å². The van der Waals surface area contributed by atoms with Gasteiger partial charge in [-0.25, -0.2) is 0 Å². The third-order valence-electron chi connectivity index (χ3n) is 6.25. The van der Waals surface area contributed by atoms with E-state index in [-0.39, 0.29) is 70.6 Å². The molecule has 0 spiro atoms. The molecule has 5 rings (SSSR count). The molecule has 3 saturated heterocycles. The van der Waals surface area contributed by atoms with Gasteiger partial charge in [-0.15, -0.1) is 36.6 Å². The van der Waals surface area contributed by atoms with Crippen LogP contribution in [-0.2, 0) is 44.3 Å². The number of terminal acetylenes is 2. The van der Waals surface area contributed by atoms with Gasteiger partial charge in [0.15, 0.2) is 12.6 Å². The fraction of sp³-hybridized carbons (Fsp3) is 0.667. The number of aliphatic hydroxyl groups excluding tert-OH is 1. The molecule has 1 N–H and O–H groups in total. The number of halogens is 1. The number of ether oxygens (including phenoxy) is 8. The molecule has 47 heavy (non-hydrogen) atoms. The van der Waals surface area contributed by atoms with Crippen molar-refractivity contribution >= 4 is 15.9 Å². The zero-order valence-corrected chi connectivity index (χ0v) is 33.1. The molecule has 1 aromatic carbocycles. The first-order valence-electron chi connectivity index (χ1n) is 16.2. The van der Waals surface area contributed by atoms with Gasteiger partial charge in [0.1, 0.15) is 6.61 Å². The second kappa shape index (κ2) is 37.1. The van der Waals surface area contributed by atoms with E-state index in [0.29, 0.717) is 58.2 Å². The van der Waals surface area contributed by atoms with E-state index in [1.165, 1.54) is 30.4 Å². The van der Waals surface area contributed by atoms with E-state index in [1.807, 2.05) is 0 Å². The maximum absolute atomic E-state index is 8.42. The molecule has 11 heteroatoms. The fourth-order valence-corrected chi connectivity index (χ4v) is 3.97. The van der Waals surface area contributed by atoms with Gasteiger partial charge in [-0.1, -0.05) is 46.7 Å². The minimum Gasteiger partial charge on any atom is -0.394 e. The molecule has 0 aromatic heterocycles. The number of aliphatic hydroxyl groups is 1. The number of fused-ring (bicyclic) bond motifs is 1. The predicted molar refractivity (Wildman–Crippen MR) is 183 cm³/mol. The van der Waals surface area contributed by atoms with Gasteiger partial charge in [0.2, 0.25) is 0 Å². The summed E-state index contributed by atoms with van der Waals surface area (Å²) >= 11 is 3.01. The van der Waals surface area contributed by atoms with Gasteiger partial charge in [-0.05, 0) is 38.5 Å². The Balaban J connectivity index is 0.000000637. The first-order chi connectivity index (χ1) is 22.7. The molecule has 3 fully saturated rings. The van der Waals surface area contributed by atoms with Crippen LogP contribution in [0.1, 0.15) is 56.1 Å². The summed E-state index contributed by atoms with van der Waals surface area (Å²) in [6.45, 7) is 7.72. The molecule has 4 aliphatic rings. The van der Waals surface area contributed by atoms with Gasteiger partial charge in [-0.3, -0.25) is 0 Å². The van der Waals surface area contributed by atoms with Gasteiger partial charge < -0.3 is 43.0 Å². The summed E-state index contributed by atoms with van der Waals surface area (Å²) in [7, 11) is 0. The molecular formula is C36H54BrKO9. The van der Waals surface area contributed by atoms with Gasteiger partial charge in [-0.2, -0.15) is 17.7 Å². The second-order valence-corrected chi connectivity index (χ2v) is 10.6. The van der Waals surface area contributed by atoms with Crippen LogP contribution in [0.4, 0.5) is 0 Å². The standard InChI is InChI=1S/C14H24O5.C10H9.C7H14O3.C3H3Br.C2H4O.K/c1-2-6-15-8-9-16-10-11-17-12-13-19-14-5-3-4-7-18-14;1-2-6-10-8-4-3-7-9(10)5-1;8-4-6-10-7-3-1-2-5-9-7;1-2-3-4;1-2-3-1;/h1,14H,3-13H2;1-3,5-6H,4,8H2;7-8H,1-6H2;1H,3H2;1-2H2;/q;-1;;;;+1. The van der Waals surface area contributed by atoms with E-state index in [4.69, 9.17) is 51.1 Å². The quantitative estimate of drug-likeness (QED) is 0.0767. The van der Waals surface area contributed by atoms with Crippen molar-refractivity contribution in [3.63, 3.8) is 0 Å². The SMILES string of the molecule is C#CCBr.C#CCOCCOCCOCCOC1CCCCO1.C1CO1.OCCOC1CCCCO1.[C-]1=CCCc2ccccc21.[K+]. The maximum Gasteiger partial charge on any atom is 1.00 e. The number of benzene rings is 1. The molecule has 1 aromatic rings. The van der Waals surface area contributed by atoms with E-state index in [0.717, 1.165) is 58.5 Å². The number of hydrogen-bond donors (Lipinski definition) is 1. The van der Waals surface area contributed by atoms with E-state index >= 15 is 0 Å². The maximum atomic E-state index is 8.42. The Labute approximate surface area is 334 Å². The topological polar surface area (TPSA) is 97.4 Å². The first kappa shape index (κ1) is 46.8. The fourth-order valence-electron chi connectivity index (χ4n) is 3.97. The van der Waals surface area contributed by atoms with Crippen molar-refractivity contribution in [3.8, 4) is 24.7 Å². The van der Waals surface area contributed by atoms with Crippen LogP contribution in [0.5, 0.6) is 0 Å². The van der Waals surface area contributed by atoms with Crippen molar-refractivity contribution in [2.45, 2.75) is 63.9 Å². The Bertz CT molecular complexity index is 921. The molecule has 3 aliphatic heterocycles. The summed E-state index contributed by atoms with van der Waals surface area (Å²) < 4.78 is 41.6. The van der Waals surface area contributed by atoms with Crippen LogP contribution in [0.3, 0.4) is 0 Å². The molecule has 9 nitrogen and oxygen atoms in total. The third kappa shape index (κ3) is 31.6. The minimum atomic E-state index is -0.0547. The zero-order valence-electron chi connectivity index (χ0n) is 28.3. The molecule has 0 amide bonds. The Morgan fingerprint density at radius 1 is 0.787 bits per heavy atom. The van der Waals surface area contributed by atoms with Crippen LogP contribution in [0.15, 0.2) is 30.3 Å². The van der Waals surface area contributed by atoms with Crippen LogP contribution in [0.2, 0.25) is 0 Å². The van der Waals surface area contributed by atoms with Gasteiger partial charge in [0.25, 0.3) is 0 Å². The average molecular weight is 750 g/mol. The molecule has 260 valence electrons. The molecule has 2 atom stereocenters. The third-order valence-corrected chi connectivity index (χ3v) is 6.57. The number of rotatable bonds is 14. The van der Waals surface area contributed by atoms with Crippen molar-refractivity contribution in [3.05, 3.63) is 47.5 Å². The summed E-state index contributed by atoms with van der Waals surface area (Å²) in [5, 5.41) is 9.08. The number of epoxide rings is 1. The number of aryl methyl sites for hydroxylation is 1. The van der Waals surface area contributed by atoms with Gasteiger partial charge in [0.05, 0.1) is 71.4 Å². The Morgan fingerprint density at radius 2 is 1.34 bits per heavy atom. The first-order valence-corrected chi connectivity index (χ1v) is 17.3. The molecule has 0 radical (unpaired) electrons. The van der Waals surface area contributed by atoms with E-state index in [2.05, 4.69) is 68.9 Å². The van der Waals surface area contributed by atoms with Crippen LogP contribution >= 0.6 is 15.9 Å². The Kier molecular flexibility index (Phi) is 37.0. The van der Waals surface area contributed by atoms with E-state index < -0.39 is 0 Å². The minimum absolute atomic E-state index is 0. The van der Waals surface area contributed by atoms with Crippen LogP contribution in [-0.4, -0.2) is 109 Å². The van der Waals surface area contributed by atoms with Crippen LogP contribution in [0, 0.1) is 30.8 Å². The summed E-state index contributed by atoms with van der Waals surface area (Å²) in [5.74, 6) is 4.74. The second-order valence-electron chi connectivity index (χ2n) is 10.0. The molecular weight excluding hydrogens is 695 g/mol. The number of alkyl halides is 1. The average Bonchev–Trinajstić information content (AvgIpc) is 4.02. The molecule has 0 saturated carbocycles. The monoisotopic (exact) mass is 748 g/mol. The number of allylic oxidation sites excluding steroid dienone is 1. The summed E-state index contributed by atoms with van der Waals surface area (Å²) in [4.78, 5) is 0. The summed E-state index contributed by atoms with van der Waals surface area (Å²) in [5.41, 5.74) is 2.71. The largest absolute Gasteiger partial charge is 1.00 e. The molecule has 0 bridgehead atoms. The van der Waals surface area contributed by atoms with Gasteiger partial charge >= 0.3 is 51.4 Å². The molecule has 3 heterocycles. The van der Waals surface area contributed by atoms with E-state index in [9.17, 15) is 0 Å². The normalized spacial score (nSPS) is 18.6. The number of hydrogen-bond acceptors (Lipinski definition) is 9. The summed E-state index contributed by atoms with van der Waals surface area (Å²) in [6.07, 6.45) is 23.9. The van der Waals surface area contributed by atoms with Gasteiger partial charge in [0, 0.05) is 13.2 Å². The predicted octanol–water partition coefficient (Wildman–Crippen LogP) is 2.11. The molecule has 2 unspecified atom stereocenters. The van der Waals surface area contributed by atoms with Crippen LogP contribution in [0.25, 0.3) is 0 Å². The Hall–Kier alpha value is -0.164. The summed E-state index contributed by atoms with van der Waals surface area (Å²) in [6, 6.07) is 8.44. The smallest absolute Gasteiger partial charge is 0.394 e. The van der Waals surface area contributed by atoms with Crippen molar-refractivity contribution in [1.82, 2.24) is 0 Å². The van der Waals surface area contributed by atoms with Crippen molar-refractivity contribution in [2.24, 2.45) is 0 Å². The van der Waals surface area contributed by atoms with E-state index in [1.54, 1.807) is 0 Å². The molecule has 1 aliphatic carbocycles. The Morgan fingerprint density at radius 3 is 1.83 bits per heavy atom. The van der Waals surface area contributed by atoms with Crippen LogP contribution < -0.4 is 51.4 Å². The van der Waals surface area contributed by atoms with Crippen molar-refractivity contribution in [2.75, 3.05) is 91.2 Å². The van der Waals surface area contributed by atoms with Crippen molar-refractivity contribution in [1.29, 1.82) is 0 Å².